The van der Waals surface area contributed by atoms with E-state index >= 15 is 0 Å². The Morgan fingerprint density at radius 3 is 2.53 bits per heavy atom. The van der Waals surface area contributed by atoms with Crippen molar-refractivity contribution < 1.29 is 32.3 Å². The Kier molecular flexibility index (Phi) is 8.99. The van der Waals surface area contributed by atoms with E-state index in [1.807, 2.05) is 0 Å². The Balaban J connectivity index is 1.15. The van der Waals surface area contributed by atoms with Gasteiger partial charge >= 0.3 is 6.09 Å². The topological polar surface area (TPSA) is 155 Å². The van der Waals surface area contributed by atoms with Crippen LogP contribution in [-0.4, -0.2) is 79.3 Å². The molecule has 0 atom stereocenters. The van der Waals surface area contributed by atoms with Crippen LogP contribution in [0.15, 0.2) is 58.5 Å². The van der Waals surface area contributed by atoms with Gasteiger partial charge in [-0.15, -0.1) is 11.3 Å². The molecule has 1 fully saturated rings. The van der Waals surface area contributed by atoms with Crippen molar-refractivity contribution in [1.82, 2.24) is 20.1 Å². The van der Waals surface area contributed by atoms with Crippen LogP contribution in [0.4, 0.5) is 10.5 Å². The second-order valence-corrected chi connectivity index (χ2v) is 15.0. The number of nitrogens with one attached hydrogen (secondary N) is 2. The largest absolute Gasteiger partial charge is 0.444 e. The SMILES string of the molecule is CN(CC(=O)N1CCC(c2ncc(CNC(=O)c3ccc4c(c3)NC(=O)c3ccccc3S4(=O)=O)s2)CC1)C(=O)OC(C)(C)C. The third-order valence-electron chi connectivity index (χ3n) is 7.47. The number of sulfone groups is 1. The van der Waals surface area contributed by atoms with Gasteiger partial charge in [0.1, 0.15) is 12.1 Å². The molecule has 0 radical (unpaired) electrons. The van der Waals surface area contributed by atoms with Gasteiger partial charge in [0.2, 0.25) is 15.7 Å². The van der Waals surface area contributed by atoms with Crippen molar-refractivity contribution in [3.05, 3.63) is 69.7 Å². The first-order valence-corrected chi connectivity index (χ1v) is 16.8. The molecular weight excluding hydrogens is 619 g/mol. The first-order chi connectivity index (χ1) is 21.2. The number of aromatic nitrogens is 1. The summed E-state index contributed by atoms with van der Waals surface area (Å²) in [6, 6.07) is 10.1. The maximum absolute atomic E-state index is 13.2. The highest BCUT2D eigenvalue weighted by Gasteiger charge is 2.32. The molecule has 2 aliphatic rings. The van der Waals surface area contributed by atoms with E-state index in [0.29, 0.717) is 13.1 Å². The van der Waals surface area contributed by atoms with Gasteiger partial charge in [-0.1, -0.05) is 12.1 Å². The number of thiazole rings is 1. The van der Waals surface area contributed by atoms with Crippen LogP contribution in [0.5, 0.6) is 0 Å². The molecule has 0 bridgehead atoms. The zero-order valence-corrected chi connectivity index (χ0v) is 27.1. The molecule has 5 rings (SSSR count). The number of hydrogen-bond acceptors (Lipinski definition) is 9. The summed E-state index contributed by atoms with van der Waals surface area (Å²) in [4.78, 5) is 58.9. The molecule has 2 aromatic carbocycles. The Morgan fingerprint density at radius 1 is 1.11 bits per heavy atom. The summed E-state index contributed by atoms with van der Waals surface area (Å²) in [5.74, 6) is -0.953. The maximum atomic E-state index is 13.2. The van der Waals surface area contributed by atoms with Crippen molar-refractivity contribution in [2.24, 2.45) is 0 Å². The van der Waals surface area contributed by atoms with Crippen LogP contribution >= 0.6 is 11.3 Å². The lowest BCUT2D eigenvalue weighted by atomic mass is 9.97. The number of hydrogen-bond donors (Lipinski definition) is 2. The predicted octanol–water partition coefficient (Wildman–Crippen LogP) is 4.04. The summed E-state index contributed by atoms with van der Waals surface area (Å²) in [5.41, 5.74) is -0.343. The molecule has 1 aromatic heterocycles. The molecule has 1 saturated heterocycles. The van der Waals surface area contributed by atoms with Crippen LogP contribution in [0.1, 0.15) is 70.1 Å². The number of likely N-dealkylation sites (N-methyl/N-ethyl adjacent to an activating group) is 1. The number of nitrogens with zero attached hydrogens (tertiary/aromatic N) is 3. The number of amides is 4. The Hall–Kier alpha value is -4.30. The van der Waals surface area contributed by atoms with E-state index in [9.17, 15) is 27.6 Å². The monoisotopic (exact) mass is 653 g/mol. The van der Waals surface area contributed by atoms with E-state index in [0.717, 1.165) is 22.7 Å². The zero-order valence-electron chi connectivity index (χ0n) is 25.5. The summed E-state index contributed by atoms with van der Waals surface area (Å²) in [7, 11) is -2.42. The molecule has 0 spiro atoms. The standard InChI is InChI=1S/C31H35N5O7S2/c1-31(2,3)43-30(40)35(4)18-26(37)36-13-11-19(12-14-36)29-33-17-21(44-29)16-32-27(38)20-9-10-25-23(15-20)34-28(39)22-7-5-6-8-24(22)45(25,41)42/h5-10,15,17,19H,11-14,16,18H2,1-4H3,(H,32,38)(H,34,39). The van der Waals surface area contributed by atoms with Gasteiger partial charge in [0, 0.05) is 42.7 Å². The highest BCUT2D eigenvalue weighted by Crippen LogP contribution is 2.34. The Morgan fingerprint density at radius 2 is 1.82 bits per heavy atom. The molecule has 45 heavy (non-hydrogen) atoms. The van der Waals surface area contributed by atoms with Gasteiger partial charge in [0.05, 0.1) is 32.6 Å². The minimum Gasteiger partial charge on any atom is -0.444 e. The van der Waals surface area contributed by atoms with Gasteiger partial charge in [0.15, 0.2) is 0 Å². The van der Waals surface area contributed by atoms with Gasteiger partial charge in [0.25, 0.3) is 11.8 Å². The highest BCUT2D eigenvalue weighted by molar-refractivity contribution is 7.91. The molecule has 3 heterocycles. The molecule has 12 nitrogen and oxygen atoms in total. The second-order valence-electron chi connectivity index (χ2n) is 12.0. The van der Waals surface area contributed by atoms with E-state index in [1.54, 1.807) is 51.0 Å². The molecule has 14 heteroatoms. The van der Waals surface area contributed by atoms with E-state index in [-0.39, 0.29) is 51.5 Å². The van der Waals surface area contributed by atoms with Crippen LogP contribution in [0.25, 0.3) is 0 Å². The molecule has 0 aliphatic carbocycles. The fraction of sp³-hybridized carbons (Fsp3) is 0.387. The molecule has 238 valence electrons. The first-order valence-electron chi connectivity index (χ1n) is 14.5. The summed E-state index contributed by atoms with van der Waals surface area (Å²) in [6.07, 6.45) is 2.64. The molecule has 0 unspecified atom stereocenters. The smallest absolute Gasteiger partial charge is 0.410 e. The van der Waals surface area contributed by atoms with E-state index in [2.05, 4.69) is 15.6 Å². The quantitative estimate of drug-likeness (QED) is 0.404. The number of likely N-dealkylation sites (tertiary alicyclic amines) is 1. The van der Waals surface area contributed by atoms with E-state index in [4.69, 9.17) is 4.74 Å². The number of anilines is 1. The molecule has 0 saturated carbocycles. The van der Waals surface area contributed by atoms with Crippen molar-refractivity contribution in [2.45, 2.75) is 61.5 Å². The lowest BCUT2D eigenvalue weighted by Gasteiger charge is -2.32. The highest BCUT2D eigenvalue weighted by atomic mass is 32.2. The average Bonchev–Trinajstić information content (AvgIpc) is 3.45. The molecule has 2 aliphatic heterocycles. The lowest BCUT2D eigenvalue weighted by molar-refractivity contribution is -0.133. The molecule has 3 aromatic rings. The number of fused-ring (bicyclic) bond motifs is 2. The molecular formula is C31H35N5O7S2. The first kappa shape index (κ1) is 32.1. The maximum Gasteiger partial charge on any atom is 0.410 e. The minimum absolute atomic E-state index is 0.0452. The van der Waals surface area contributed by atoms with Gasteiger partial charge in [-0.05, 0) is 63.9 Å². The molecule has 4 amide bonds. The van der Waals surface area contributed by atoms with Crippen LogP contribution in [0.3, 0.4) is 0 Å². The van der Waals surface area contributed by atoms with Gasteiger partial charge < -0.3 is 25.2 Å². The summed E-state index contributed by atoms with van der Waals surface area (Å²) >= 11 is 1.49. The van der Waals surface area contributed by atoms with Gasteiger partial charge in [-0.3, -0.25) is 14.4 Å². The summed E-state index contributed by atoms with van der Waals surface area (Å²) in [5, 5.41) is 6.39. The van der Waals surface area contributed by atoms with E-state index < -0.39 is 33.3 Å². The number of carbonyl (C=O) groups excluding carboxylic acids is 4. The minimum atomic E-state index is -3.96. The lowest BCUT2D eigenvalue weighted by Crippen LogP contribution is -2.45. The fourth-order valence-corrected chi connectivity index (χ4v) is 7.76. The zero-order chi connectivity index (χ0) is 32.5. The van der Waals surface area contributed by atoms with Crippen LogP contribution in [0.2, 0.25) is 0 Å². The predicted molar refractivity (Wildman–Crippen MR) is 167 cm³/mol. The Labute approximate surface area is 265 Å². The number of piperidine rings is 1. The van der Waals surface area contributed by atoms with Crippen molar-refractivity contribution in [3.63, 3.8) is 0 Å². The fourth-order valence-electron chi connectivity index (χ4n) is 5.15. The summed E-state index contributed by atoms with van der Waals surface area (Å²) < 4.78 is 31.7. The van der Waals surface area contributed by atoms with E-state index in [1.165, 1.54) is 46.6 Å². The Bertz CT molecular complexity index is 1760. The summed E-state index contributed by atoms with van der Waals surface area (Å²) in [6.45, 7) is 6.59. The number of carbonyl (C=O) groups is 4. The van der Waals surface area contributed by atoms with Crippen molar-refractivity contribution >= 4 is 50.7 Å². The van der Waals surface area contributed by atoms with Crippen molar-refractivity contribution in [1.29, 1.82) is 0 Å². The number of benzene rings is 2. The number of rotatable bonds is 6. The van der Waals surface area contributed by atoms with Crippen molar-refractivity contribution in [2.75, 3.05) is 32.0 Å². The normalized spacial score (nSPS) is 16.1. The third-order valence-corrected chi connectivity index (χ3v) is 10.5. The third kappa shape index (κ3) is 7.17. The van der Waals surface area contributed by atoms with Crippen molar-refractivity contribution in [3.8, 4) is 0 Å². The van der Waals surface area contributed by atoms with Gasteiger partial charge in [-0.2, -0.15) is 0 Å². The van der Waals surface area contributed by atoms with Crippen LogP contribution < -0.4 is 10.6 Å². The average molecular weight is 654 g/mol. The van der Waals surface area contributed by atoms with Crippen LogP contribution in [-0.2, 0) is 25.9 Å². The number of ether oxygens (including phenoxy) is 1. The van der Waals surface area contributed by atoms with Crippen LogP contribution in [0, 0.1) is 0 Å². The van der Waals surface area contributed by atoms with Gasteiger partial charge in [-0.25, -0.2) is 18.2 Å². The molecule has 2 N–H and O–H groups in total. The second kappa shape index (κ2) is 12.6.